The van der Waals surface area contributed by atoms with Gasteiger partial charge in [0.15, 0.2) is 0 Å². The van der Waals surface area contributed by atoms with Crippen LogP contribution < -0.4 is 4.74 Å². The van der Waals surface area contributed by atoms with Gasteiger partial charge in [-0.15, -0.1) is 0 Å². The van der Waals surface area contributed by atoms with Crippen molar-refractivity contribution in [3.63, 3.8) is 0 Å². The zero-order chi connectivity index (χ0) is 13.3. The van der Waals surface area contributed by atoms with Gasteiger partial charge in [0, 0.05) is 5.56 Å². The Bertz CT molecular complexity index is 509. The van der Waals surface area contributed by atoms with Gasteiger partial charge in [-0.3, -0.25) is 0 Å². The van der Waals surface area contributed by atoms with Crippen molar-refractivity contribution < 1.29 is 9.53 Å². The van der Waals surface area contributed by atoms with Crippen LogP contribution in [0.3, 0.4) is 0 Å². The second-order valence-electron chi connectivity index (χ2n) is 5.27. The summed E-state index contributed by atoms with van der Waals surface area (Å²) in [4.78, 5) is 14.7. The van der Waals surface area contributed by atoms with Crippen LogP contribution in [0.1, 0.15) is 49.3 Å². The molecule has 1 fully saturated rings. The van der Waals surface area contributed by atoms with Crippen LogP contribution >= 0.6 is 0 Å². The molecule has 1 aliphatic rings. The predicted octanol–water partition coefficient (Wildman–Crippen LogP) is 3.45. The van der Waals surface area contributed by atoms with Gasteiger partial charge in [0.25, 0.3) is 0 Å². The van der Waals surface area contributed by atoms with Crippen LogP contribution in [0.5, 0.6) is 5.75 Å². The molecule has 0 radical (unpaired) electrons. The third kappa shape index (κ3) is 1.95. The highest BCUT2D eigenvalue weighted by molar-refractivity contribution is 5.55. The Hall–Kier alpha value is -1.60. The van der Waals surface area contributed by atoms with Crippen LogP contribution in [-0.2, 0) is 10.3 Å². The molecular weight excluding hydrogens is 226 g/mol. The van der Waals surface area contributed by atoms with E-state index in [4.69, 9.17) is 4.74 Å². The van der Waals surface area contributed by atoms with Crippen LogP contribution in [0.2, 0.25) is 0 Å². The second kappa shape index (κ2) is 4.58. The number of benzene rings is 1. The van der Waals surface area contributed by atoms with E-state index in [0.717, 1.165) is 29.7 Å². The maximum atomic E-state index is 10.7. The van der Waals surface area contributed by atoms with Crippen LogP contribution in [0.4, 0.5) is 0 Å². The lowest BCUT2D eigenvalue weighted by atomic mass is 9.89. The first kappa shape index (κ1) is 12.8. The molecule has 1 saturated carbocycles. The Morgan fingerprint density at radius 2 is 2.06 bits per heavy atom. The number of carbonyl (C=O) groups excluding carboxylic acids is 1. The maximum absolute atomic E-state index is 10.7. The second-order valence-corrected chi connectivity index (χ2v) is 5.27. The van der Waals surface area contributed by atoms with Gasteiger partial charge in [0.2, 0.25) is 6.08 Å². The molecular formula is C15H19NO2. The molecule has 1 aromatic rings. The number of ether oxygens (including phenoxy) is 1. The van der Waals surface area contributed by atoms with Crippen molar-refractivity contribution in [2.24, 2.45) is 4.99 Å². The monoisotopic (exact) mass is 245 g/mol. The number of isocyanates is 1. The Kier molecular flexibility index (Phi) is 3.27. The molecule has 3 heteroatoms. The number of rotatable bonds is 4. The molecule has 0 saturated heterocycles. The predicted molar refractivity (Wildman–Crippen MR) is 70.9 cm³/mol. The number of hydrogen-bond acceptors (Lipinski definition) is 3. The smallest absolute Gasteiger partial charge is 0.235 e. The first-order valence-corrected chi connectivity index (χ1v) is 6.32. The molecule has 0 unspecified atom stereocenters. The van der Waals surface area contributed by atoms with Crippen molar-refractivity contribution in [3.05, 3.63) is 28.8 Å². The Morgan fingerprint density at radius 1 is 1.39 bits per heavy atom. The largest absolute Gasteiger partial charge is 0.496 e. The fourth-order valence-electron chi connectivity index (χ4n) is 2.55. The van der Waals surface area contributed by atoms with Gasteiger partial charge in [-0.05, 0) is 36.8 Å². The van der Waals surface area contributed by atoms with Gasteiger partial charge in [0.05, 0.1) is 7.11 Å². The third-order valence-electron chi connectivity index (χ3n) is 3.66. The lowest BCUT2D eigenvalue weighted by molar-refractivity contribution is 0.399. The number of aliphatic imine (C=N–C) groups is 1. The summed E-state index contributed by atoms with van der Waals surface area (Å²) >= 11 is 0. The molecule has 3 nitrogen and oxygen atoms in total. The molecule has 96 valence electrons. The van der Waals surface area contributed by atoms with E-state index in [9.17, 15) is 4.79 Å². The standard InChI is InChI=1S/C15H19NO2/c1-10(2)12-6-5-11(3)14(18-4)13(12)15(7-8-15)16-9-17/h5-6,10H,7-8H2,1-4H3. The van der Waals surface area contributed by atoms with Gasteiger partial charge in [0.1, 0.15) is 11.3 Å². The summed E-state index contributed by atoms with van der Waals surface area (Å²) in [6.45, 7) is 6.32. The highest BCUT2D eigenvalue weighted by atomic mass is 16.5. The molecule has 18 heavy (non-hydrogen) atoms. The summed E-state index contributed by atoms with van der Waals surface area (Å²) in [5.41, 5.74) is 3.01. The molecule has 1 aliphatic carbocycles. The third-order valence-corrected chi connectivity index (χ3v) is 3.66. The summed E-state index contributed by atoms with van der Waals surface area (Å²) in [7, 11) is 1.68. The first-order chi connectivity index (χ1) is 8.55. The van der Waals surface area contributed by atoms with Gasteiger partial charge in [-0.1, -0.05) is 26.0 Å². The normalized spacial score (nSPS) is 16.3. The Labute approximate surface area is 108 Å². The maximum Gasteiger partial charge on any atom is 0.235 e. The molecule has 0 atom stereocenters. The van der Waals surface area contributed by atoms with E-state index in [1.807, 2.05) is 6.92 Å². The van der Waals surface area contributed by atoms with E-state index in [1.165, 1.54) is 5.56 Å². The van der Waals surface area contributed by atoms with Crippen molar-refractivity contribution in [1.82, 2.24) is 0 Å². The van der Waals surface area contributed by atoms with Crippen molar-refractivity contribution >= 4 is 6.08 Å². The molecule has 0 amide bonds. The molecule has 1 aromatic carbocycles. The lowest BCUT2D eigenvalue weighted by Crippen LogP contribution is -2.11. The van der Waals surface area contributed by atoms with E-state index in [0.29, 0.717) is 5.92 Å². The zero-order valence-corrected chi connectivity index (χ0v) is 11.4. The van der Waals surface area contributed by atoms with Crippen molar-refractivity contribution in [2.45, 2.75) is 45.1 Å². The Morgan fingerprint density at radius 3 is 2.50 bits per heavy atom. The quantitative estimate of drug-likeness (QED) is 0.602. The van der Waals surface area contributed by atoms with Crippen LogP contribution in [-0.4, -0.2) is 13.2 Å². The number of methoxy groups -OCH3 is 1. The van der Waals surface area contributed by atoms with E-state index < -0.39 is 0 Å². The summed E-state index contributed by atoms with van der Waals surface area (Å²) in [6.07, 6.45) is 3.53. The van der Waals surface area contributed by atoms with E-state index in [2.05, 4.69) is 31.0 Å². The molecule has 0 N–H and O–H groups in total. The summed E-state index contributed by atoms with van der Waals surface area (Å²) in [6, 6.07) is 4.19. The summed E-state index contributed by atoms with van der Waals surface area (Å²) in [5, 5.41) is 0. The SMILES string of the molecule is COc1c(C)ccc(C(C)C)c1C1(N=C=O)CC1. The van der Waals surface area contributed by atoms with Crippen LogP contribution in [0, 0.1) is 6.92 Å². The number of hydrogen-bond donors (Lipinski definition) is 0. The van der Waals surface area contributed by atoms with Gasteiger partial charge in [-0.25, -0.2) is 4.79 Å². The van der Waals surface area contributed by atoms with Crippen molar-refractivity contribution in [1.29, 1.82) is 0 Å². The molecule has 2 rings (SSSR count). The zero-order valence-electron chi connectivity index (χ0n) is 11.4. The van der Waals surface area contributed by atoms with Crippen LogP contribution in [0.15, 0.2) is 17.1 Å². The average Bonchev–Trinajstić information content (AvgIpc) is 3.09. The minimum absolute atomic E-state index is 0.376. The molecule has 0 bridgehead atoms. The van der Waals surface area contributed by atoms with E-state index in [1.54, 1.807) is 13.2 Å². The Balaban J connectivity index is 2.69. The number of aryl methyl sites for hydroxylation is 1. The first-order valence-electron chi connectivity index (χ1n) is 6.32. The van der Waals surface area contributed by atoms with Gasteiger partial charge < -0.3 is 4.74 Å². The molecule has 0 aliphatic heterocycles. The summed E-state index contributed by atoms with van der Waals surface area (Å²) in [5.74, 6) is 1.26. The van der Waals surface area contributed by atoms with E-state index >= 15 is 0 Å². The number of nitrogens with zero attached hydrogens (tertiary/aromatic N) is 1. The van der Waals surface area contributed by atoms with Gasteiger partial charge >= 0.3 is 0 Å². The van der Waals surface area contributed by atoms with Crippen LogP contribution in [0.25, 0.3) is 0 Å². The molecule has 0 spiro atoms. The summed E-state index contributed by atoms with van der Waals surface area (Å²) < 4.78 is 5.55. The minimum Gasteiger partial charge on any atom is -0.496 e. The topological polar surface area (TPSA) is 38.7 Å². The average molecular weight is 245 g/mol. The fourth-order valence-corrected chi connectivity index (χ4v) is 2.55. The fraction of sp³-hybridized carbons (Fsp3) is 0.533. The van der Waals surface area contributed by atoms with E-state index in [-0.39, 0.29) is 5.54 Å². The lowest BCUT2D eigenvalue weighted by Gasteiger charge is -2.22. The highest BCUT2D eigenvalue weighted by Gasteiger charge is 2.48. The minimum atomic E-state index is -0.376. The van der Waals surface area contributed by atoms with Crippen molar-refractivity contribution in [2.75, 3.05) is 7.11 Å². The van der Waals surface area contributed by atoms with Gasteiger partial charge in [-0.2, -0.15) is 4.99 Å². The highest BCUT2D eigenvalue weighted by Crippen LogP contribution is 2.55. The molecule has 0 heterocycles. The molecule has 0 aromatic heterocycles. The van der Waals surface area contributed by atoms with Crippen molar-refractivity contribution in [3.8, 4) is 5.75 Å².